The Balaban J connectivity index is 1.62. The number of aryl methyl sites for hydroxylation is 1. The molecule has 5 atom stereocenters. The number of fused-ring (bicyclic) bond motifs is 1. The second-order valence-electron chi connectivity index (χ2n) is 7.84. The van der Waals surface area contributed by atoms with E-state index in [4.69, 9.17) is 13.9 Å². The maximum Gasteiger partial charge on any atom is 0.229 e. The van der Waals surface area contributed by atoms with Crippen LogP contribution in [0.25, 0.3) is 17.0 Å². The number of aliphatic hydroxyl groups is 4. The van der Waals surface area contributed by atoms with Gasteiger partial charge in [0.2, 0.25) is 6.29 Å². The summed E-state index contributed by atoms with van der Waals surface area (Å²) in [5.74, 6) is -0.970. The summed E-state index contributed by atoms with van der Waals surface area (Å²) in [6.45, 7) is 1.01. The first kappa shape index (κ1) is 23.0. The smallest absolute Gasteiger partial charge is 0.229 e. The lowest BCUT2D eigenvalue weighted by molar-refractivity contribution is -0.277. The van der Waals surface area contributed by atoms with E-state index in [0.29, 0.717) is 11.1 Å². The van der Waals surface area contributed by atoms with E-state index >= 15 is 0 Å². The number of aromatic hydroxyl groups is 1. The third-order valence-electron chi connectivity index (χ3n) is 5.57. The summed E-state index contributed by atoms with van der Waals surface area (Å²) in [5.41, 5.74) is 1.75. The number of carbonyl (C=O) groups is 1. The molecule has 3 aromatic rings. The van der Waals surface area contributed by atoms with Crippen LogP contribution in [-0.2, 0) is 4.74 Å². The molecule has 1 aliphatic heterocycles. The second-order valence-corrected chi connectivity index (χ2v) is 7.84. The fourth-order valence-electron chi connectivity index (χ4n) is 3.69. The summed E-state index contributed by atoms with van der Waals surface area (Å²) in [6, 6.07) is 10.0. The molecule has 1 fully saturated rings. The Morgan fingerprint density at radius 1 is 1.09 bits per heavy atom. The first-order valence-corrected chi connectivity index (χ1v) is 10.3. The minimum atomic E-state index is -1.66. The summed E-state index contributed by atoms with van der Waals surface area (Å²) in [7, 11) is 0. The number of carbonyl (C=O) groups excluding carboxylic acids is 1. The number of rotatable bonds is 6. The fourth-order valence-corrected chi connectivity index (χ4v) is 3.69. The van der Waals surface area contributed by atoms with Crippen LogP contribution in [0.5, 0.6) is 11.5 Å². The predicted octanol–water partition coefficient (Wildman–Crippen LogP) is 1.52. The van der Waals surface area contributed by atoms with Crippen molar-refractivity contribution >= 4 is 22.8 Å². The van der Waals surface area contributed by atoms with Crippen LogP contribution in [-0.4, -0.2) is 68.6 Å². The summed E-state index contributed by atoms with van der Waals surface area (Å²) >= 11 is 0. The van der Waals surface area contributed by atoms with Crippen LogP contribution in [0.3, 0.4) is 0 Å². The minimum Gasteiger partial charge on any atom is -0.507 e. The van der Waals surface area contributed by atoms with Crippen LogP contribution in [0.2, 0.25) is 0 Å². The monoisotopic (exact) mass is 456 g/mol. The molecule has 9 heteroatoms. The average Bonchev–Trinajstić information content (AvgIpc) is 3.28. The number of allylic oxidation sites excluding steroid dienone is 1. The Hall–Kier alpha value is -3.21. The van der Waals surface area contributed by atoms with E-state index in [1.54, 1.807) is 37.5 Å². The zero-order chi connectivity index (χ0) is 23.7. The van der Waals surface area contributed by atoms with Gasteiger partial charge in [0.15, 0.2) is 5.78 Å². The lowest BCUT2D eigenvalue weighted by Gasteiger charge is -2.39. The Bertz CT molecular complexity index is 1180. The van der Waals surface area contributed by atoms with Crippen molar-refractivity contribution in [3.63, 3.8) is 0 Å². The molecule has 4 rings (SSSR count). The maximum atomic E-state index is 13.0. The molecular weight excluding hydrogens is 432 g/mol. The number of phenolic OH excluding ortho intramolecular Hbond substituents is 1. The average molecular weight is 456 g/mol. The van der Waals surface area contributed by atoms with Crippen molar-refractivity contribution in [3.8, 4) is 11.5 Å². The van der Waals surface area contributed by atoms with Crippen LogP contribution in [0.4, 0.5) is 0 Å². The largest absolute Gasteiger partial charge is 0.507 e. The molecule has 9 nitrogen and oxygen atoms in total. The van der Waals surface area contributed by atoms with E-state index in [0.717, 1.165) is 10.9 Å². The van der Waals surface area contributed by atoms with E-state index in [9.17, 15) is 30.3 Å². The summed E-state index contributed by atoms with van der Waals surface area (Å²) < 4.78 is 16.4. The predicted molar refractivity (Wildman–Crippen MR) is 117 cm³/mol. The molecule has 0 radical (unpaired) electrons. The van der Waals surface area contributed by atoms with Crippen molar-refractivity contribution in [1.29, 1.82) is 0 Å². The van der Waals surface area contributed by atoms with Gasteiger partial charge in [-0.25, -0.2) is 0 Å². The molecule has 0 unspecified atom stereocenters. The van der Waals surface area contributed by atoms with Gasteiger partial charge in [-0.2, -0.15) is 0 Å². The van der Waals surface area contributed by atoms with Crippen molar-refractivity contribution in [3.05, 3.63) is 65.4 Å². The molecule has 0 aliphatic carbocycles. The van der Waals surface area contributed by atoms with Crippen molar-refractivity contribution < 1.29 is 44.2 Å². The van der Waals surface area contributed by atoms with Gasteiger partial charge in [0.25, 0.3) is 0 Å². The van der Waals surface area contributed by atoms with Crippen molar-refractivity contribution in [1.82, 2.24) is 0 Å². The van der Waals surface area contributed by atoms with Crippen LogP contribution < -0.4 is 4.74 Å². The standard InChI is InChI=1S/C24H24O9/c1-12-2-5-15(26)19(16(27)6-3-13-4-7-17-14(10-13)8-9-31-17)23(12)33-24-22(30)21(29)20(28)18(11-25)32-24/h2-10,18,20-22,24-26,28-30H,11H2,1H3/b6-3+/t18-,20-,21+,22-,24+/m1/s1. The first-order chi connectivity index (χ1) is 15.8. The van der Waals surface area contributed by atoms with Gasteiger partial charge in [-0.15, -0.1) is 0 Å². The Labute approximate surface area is 188 Å². The fraction of sp³-hybridized carbons (Fsp3) is 0.292. The number of ether oxygens (including phenoxy) is 2. The molecule has 0 bridgehead atoms. The Kier molecular flexibility index (Phi) is 6.50. The first-order valence-electron chi connectivity index (χ1n) is 10.3. The quantitative estimate of drug-likeness (QED) is 0.275. The zero-order valence-electron chi connectivity index (χ0n) is 17.7. The molecular formula is C24H24O9. The van der Waals surface area contributed by atoms with Gasteiger partial charge >= 0.3 is 0 Å². The molecule has 2 heterocycles. The Morgan fingerprint density at radius 2 is 1.88 bits per heavy atom. The lowest BCUT2D eigenvalue weighted by atomic mass is 9.99. The third kappa shape index (κ3) is 4.50. The van der Waals surface area contributed by atoms with Crippen LogP contribution in [0, 0.1) is 6.92 Å². The van der Waals surface area contributed by atoms with E-state index in [2.05, 4.69) is 0 Å². The van der Waals surface area contributed by atoms with Gasteiger partial charge in [0, 0.05) is 5.39 Å². The minimum absolute atomic E-state index is 0.0562. The summed E-state index contributed by atoms with van der Waals surface area (Å²) in [6.07, 6.45) is -3.12. The molecule has 174 valence electrons. The van der Waals surface area contributed by atoms with Gasteiger partial charge < -0.3 is 39.4 Å². The number of phenols is 1. The van der Waals surface area contributed by atoms with E-state index < -0.39 is 43.1 Å². The molecule has 1 aromatic heterocycles. The van der Waals surface area contributed by atoms with Gasteiger partial charge in [0.05, 0.1) is 12.9 Å². The molecule has 0 amide bonds. The zero-order valence-corrected chi connectivity index (χ0v) is 17.7. The topological polar surface area (TPSA) is 150 Å². The third-order valence-corrected chi connectivity index (χ3v) is 5.57. The number of ketones is 1. The van der Waals surface area contributed by atoms with Crippen molar-refractivity contribution in [2.24, 2.45) is 0 Å². The molecule has 0 saturated carbocycles. The molecule has 33 heavy (non-hydrogen) atoms. The Morgan fingerprint density at radius 3 is 2.64 bits per heavy atom. The molecule has 0 spiro atoms. The number of benzene rings is 2. The lowest BCUT2D eigenvalue weighted by Crippen LogP contribution is -2.60. The van der Waals surface area contributed by atoms with E-state index in [1.807, 2.05) is 6.07 Å². The van der Waals surface area contributed by atoms with Gasteiger partial charge in [-0.3, -0.25) is 4.79 Å². The normalized spacial score (nSPS) is 25.5. The highest BCUT2D eigenvalue weighted by molar-refractivity contribution is 6.10. The van der Waals surface area contributed by atoms with Crippen molar-refractivity contribution in [2.75, 3.05) is 6.61 Å². The molecule has 1 saturated heterocycles. The number of hydrogen-bond donors (Lipinski definition) is 5. The highest BCUT2D eigenvalue weighted by Crippen LogP contribution is 2.35. The molecule has 1 aliphatic rings. The summed E-state index contributed by atoms with van der Waals surface area (Å²) in [5, 5.41) is 50.9. The van der Waals surface area contributed by atoms with Crippen LogP contribution in [0.1, 0.15) is 21.5 Å². The number of hydrogen-bond acceptors (Lipinski definition) is 9. The number of furan rings is 1. The second kappa shape index (κ2) is 9.34. The van der Waals surface area contributed by atoms with E-state index in [-0.39, 0.29) is 17.1 Å². The van der Waals surface area contributed by atoms with Gasteiger partial charge in [-0.1, -0.05) is 18.2 Å². The highest BCUT2D eigenvalue weighted by Gasteiger charge is 2.45. The highest BCUT2D eigenvalue weighted by atomic mass is 16.7. The van der Waals surface area contributed by atoms with Gasteiger partial charge in [-0.05, 0) is 48.4 Å². The van der Waals surface area contributed by atoms with Crippen LogP contribution in [0.15, 0.2) is 53.2 Å². The summed E-state index contributed by atoms with van der Waals surface area (Å²) in [4.78, 5) is 13.0. The molecule has 2 aromatic carbocycles. The van der Waals surface area contributed by atoms with Crippen molar-refractivity contribution in [2.45, 2.75) is 37.6 Å². The number of aliphatic hydroxyl groups excluding tert-OH is 4. The van der Waals surface area contributed by atoms with E-state index in [1.165, 1.54) is 18.2 Å². The SMILES string of the molecule is Cc1ccc(O)c(C(=O)/C=C/c2ccc3occc3c2)c1O[C@@H]1O[C@H](CO)[C@@H](O)[C@H](O)[C@H]1O. The van der Waals surface area contributed by atoms with Crippen LogP contribution >= 0.6 is 0 Å². The van der Waals surface area contributed by atoms with Gasteiger partial charge in [0.1, 0.15) is 47.1 Å². The molecule has 5 N–H and O–H groups in total. The maximum absolute atomic E-state index is 13.0.